The molecule has 21 heavy (non-hydrogen) atoms. The summed E-state index contributed by atoms with van der Waals surface area (Å²) in [6, 6.07) is 9.59. The highest BCUT2D eigenvalue weighted by Crippen LogP contribution is 2.31. The number of rotatable bonds is 3. The van der Waals surface area contributed by atoms with Crippen molar-refractivity contribution >= 4 is 16.6 Å². The zero-order valence-electron chi connectivity index (χ0n) is 11.5. The summed E-state index contributed by atoms with van der Waals surface area (Å²) in [7, 11) is 0. The molecule has 6 heteroatoms. The first-order valence-electron chi connectivity index (χ1n) is 6.90. The molecule has 6 nitrogen and oxygen atoms in total. The fraction of sp³-hybridized carbons (Fsp3) is 0.400. The van der Waals surface area contributed by atoms with Gasteiger partial charge in [-0.2, -0.15) is 5.26 Å². The molecule has 1 fully saturated rings. The van der Waals surface area contributed by atoms with Crippen LogP contribution < -0.4 is 5.32 Å². The Balaban J connectivity index is 2.08. The summed E-state index contributed by atoms with van der Waals surface area (Å²) in [4.78, 5) is 0. The fourth-order valence-corrected chi connectivity index (χ4v) is 2.61. The van der Waals surface area contributed by atoms with E-state index in [-0.39, 0.29) is 12.3 Å². The summed E-state index contributed by atoms with van der Waals surface area (Å²) in [5.41, 5.74) is 1.13. The highest BCUT2D eigenvalue weighted by Gasteiger charge is 2.33. The Kier molecular flexibility index (Phi) is 3.69. The summed E-state index contributed by atoms with van der Waals surface area (Å²) in [6.45, 7) is 1.16. The van der Waals surface area contributed by atoms with Crippen LogP contribution in [0.15, 0.2) is 24.3 Å². The summed E-state index contributed by atoms with van der Waals surface area (Å²) < 4.78 is 5.36. The average molecular weight is 284 g/mol. The van der Waals surface area contributed by atoms with Gasteiger partial charge >= 0.3 is 0 Å². The van der Waals surface area contributed by atoms with E-state index in [1.807, 2.05) is 24.3 Å². The van der Waals surface area contributed by atoms with Crippen LogP contribution in [0.4, 0.5) is 5.69 Å². The summed E-state index contributed by atoms with van der Waals surface area (Å²) in [6.07, 6.45) is 1.37. The van der Waals surface area contributed by atoms with Crippen LogP contribution in [0.1, 0.15) is 18.5 Å². The van der Waals surface area contributed by atoms with Crippen molar-refractivity contribution in [3.63, 3.8) is 0 Å². The first-order chi connectivity index (χ1) is 10.3. The number of anilines is 1. The van der Waals surface area contributed by atoms with E-state index < -0.39 is 5.54 Å². The number of fused-ring (bicyclic) bond motifs is 1. The molecule has 3 rings (SSSR count). The Morgan fingerprint density at radius 2 is 2.05 bits per heavy atom. The van der Waals surface area contributed by atoms with Gasteiger partial charge in [-0.05, 0) is 18.9 Å². The van der Waals surface area contributed by atoms with Gasteiger partial charge in [0.1, 0.15) is 6.07 Å². The standard InChI is InChI=1S/C15H16N4O2/c16-9-13-14(11-3-1-2-4-12(11)18-19-13)17-15(10-20)5-7-21-8-6-15/h1-4,20H,5-8,10H2,(H,17,18). The summed E-state index contributed by atoms with van der Waals surface area (Å²) in [5.74, 6) is 0. The van der Waals surface area contributed by atoms with Crippen LogP contribution in [0.25, 0.3) is 10.9 Å². The van der Waals surface area contributed by atoms with E-state index in [9.17, 15) is 10.4 Å². The third-order valence-electron chi connectivity index (χ3n) is 3.92. The largest absolute Gasteiger partial charge is 0.394 e. The number of aromatic nitrogens is 2. The molecule has 0 unspecified atom stereocenters. The van der Waals surface area contributed by atoms with Gasteiger partial charge in [-0.1, -0.05) is 18.2 Å². The lowest BCUT2D eigenvalue weighted by molar-refractivity contribution is 0.0380. The summed E-state index contributed by atoms with van der Waals surface area (Å²) in [5, 5.41) is 31.3. The van der Waals surface area contributed by atoms with Crippen LogP contribution >= 0.6 is 0 Å². The Hall–Kier alpha value is -2.23. The molecule has 1 aromatic carbocycles. The minimum absolute atomic E-state index is 0.0160. The van der Waals surface area contributed by atoms with Gasteiger partial charge in [-0.25, -0.2) is 0 Å². The van der Waals surface area contributed by atoms with Crippen LogP contribution in [-0.2, 0) is 4.74 Å². The molecule has 2 aromatic rings. The molecule has 0 radical (unpaired) electrons. The van der Waals surface area contributed by atoms with Gasteiger partial charge in [0.05, 0.1) is 23.3 Å². The van der Waals surface area contributed by atoms with Gasteiger partial charge in [0.2, 0.25) is 0 Å². The SMILES string of the molecule is N#Cc1nnc2ccccc2c1NC1(CO)CCOCC1. The monoisotopic (exact) mass is 284 g/mol. The van der Waals surface area contributed by atoms with Crippen molar-refractivity contribution in [3.8, 4) is 6.07 Å². The lowest BCUT2D eigenvalue weighted by atomic mass is 9.90. The topological polar surface area (TPSA) is 91.1 Å². The van der Waals surface area contributed by atoms with Crippen molar-refractivity contribution in [1.82, 2.24) is 10.2 Å². The third kappa shape index (κ3) is 2.53. The molecule has 0 bridgehead atoms. The lowest BCUT2D eigenvalue weighted by Crippen LogP contribution is -2.47. The van der Waals surface area contributed by atoms with Gasteiger partial charge in [-0.3, -0.25) is 0 Å². The van der Waals surface area contributed by atoms with E-state index in [0.29, 0.717) is 31.7 Å². The zero-order valence-corrected chi connectivity index (χ0v) is 11.5. The number of nitrogens with one attached hydrogen (secondary N) is 1. The molecular formula is C15H16N4O2. The predicted molar refractivity (Wildman–Crippen MR) is 77.7 cm³/mol. The molecular weight excluding hydrogens is 268 g/mol. The van der Waals surface area contributed by atoms with Crippen LogP contribution in [0.5, 0.6) is 0 Å². The number of nitrogens with zero attached hydrogens (tertiary/aromatic N) is 3. The van der Waals surface area contributed by atoms with Crippen molar-refractivity contribution in [2.24, 2.45) is 0 Å². The average Bonchev–Trinajstić information content (AvgIpc) is 2.56. The minimum Gasteiger partial charge on any atom is -0.394 e. The number of ether oxygens (including phenoxy) is 1. The van der Waals surface area contributed by atoms with E-state index in [1.165, 1.54) is 0 Å². The molecule has 1 aliphatic heterocycles. The lowest BCUT2D eigenvalue weighted by Gasteiger charge is -2.37. The van der Waals surface area contributed by atoms with Crippen molar-refractivity contribution in [2.45, 2.75) is 18.4 Å². The number of hydrogen-bond acceptors (Lipinski definition) is 6. The van der Waals surface area contributed by atoms with E-state index in [4.69, 9.17) is 4.74 Å². The maximum absolute atomic E-state index is 9.80. The maximum Gasteiger partial charge on any atom is 0.186 e. The summed E-state index contributed by atoms with van der Waals surface area (Å²) >= 11 is 0. The second kappa shape index (κ2) is 5.64. The molecule has 0 spiro atoms. The van der Waals surface area contributed by atoms with Gasteiger partial charge in [0.25, 0.3) is 0 Å². The third-order valence-corrected chi connectivity index (χ3v) is 3.92. The molecule has 0 saturated carbocycles. The van der Waals surface area contributed by atoms with E-state index in [2.05, 4.69) is 21.6 Å². The second-order valence-corrected chi connectivity index (χ2v) is 5.23. The zero-order chi connectivity index (χ0) is 14.7. The van der Waals surface area contributed by atoms with E-state index >= 15 is 0 Å². The van der Waals surface area contributed by atoms with Crippen molar-refractivity contribution in [3.05, 3.63) is 30.0 Å². The number of hydrogen-bond donors (Lipinski definition) is 2. The normalized spacial score (nSPS) is 17.3. The molecule has 0 amide bonds. The Bertz CT molecular complexity index is 690. The van der Waals surface area contributed by atoms with Gasteiger partial charge in [0, 0.05) is 18.6 Å². The first-order valence-corrected chi connectivity index (χ1v) is 6.90. The Morgan fingerprint density at radius 1 is 1.29 bits per heavy atom. The maximum atomic E-state index is 9.80. The molecule has 0 aliphatic carbocycles. The molecule has 2 heterocycles. The fourth-order valence-electron chi connectivity index (χ4n) is 2.61. The van der Waals surface area contributed by atoms with Crippen molar-refractivity contribution in [2.75, 3.05) is 25.1 Å². The van der Waals surface area contributed by atoms with Crippen molar-refractivity contribution in [1.29, 1.82) is 5.26 Å². The number of aliphatic hydroxyl groups excluding tert-OH is 1. The highest BCUT2D eigenvalue weighted by molar-refractivity contribution is 5.93. The van der Waals surface area contributed by atoms with Crippen LogP contribution in [-0.4, -0.2) is 40.7 Å². The first kappa shape index (κ1) is 13.7. The second-order valence-electron chi connectivity index (χ2n) is 5.23. The molecule has 108 valence electrons. The quantitative estimate of drug-likeness (QED) is 0.886. The smallest absolute Gasteiger partial charge is 0.186 e. The molecule has 2 N–H and O–H groups in total. The van der Waals surface area contributed by atoms with Gasteiger partial charge in [0.15, 0.2) is 5.69 Å². The highest BCUT2D eigenvalue weighted by atomic mass is 16.5. The van der Waals surface area contributed by atoms with E-state index in [1.54, 1.807) is 0 Å². The predicted octanol–water partition coefficient (Wildman–Crippen LogP) is 1.45. The number of benzene rings is 1. The van der Waals surface area contributed by atoms with Crippen LogP contribution in [0.3, 0.4) is 0 Å². The molecule has 1 aromatic heterocycles. The molecule has 1 saturated heterocycles. The van der Waals surface area contributed by atoms with Crippen molar-refractivity contribution < 1.29 is 9.84 Å². The van der Waals surface area contributed by atoms with Gasteiger partial charge in [-0.15, -0.1) is 10.2 Å². The van der Waals surface area contributed by atoms with Gasteiger partial charge < -0.3 is 15.2 Å². The molecule has 1 aliphatic rings. The number of aliphatic hydroxyl groups is 1. The Labute approximate surface area is 122 Å². The van der Waals surface area contributed by atoms with Crippen LogP contribution in [0.2, 0.25) is 0 Å². The Morgan fingerprint density at radius 3 is 2.76 bits per heavy atom. The van der Waals surface area contributed by atoms with Crippen LogP contribution in [0, 0.1) is 11.3 Å². The van der Waals surface area contributed by atoms with E-state index in [0.717, 1.165) is 10.9 Å². The minimum atomic E-state index is -0.477. The molecule has 0 atom stereocenters. The number of nitriles is 1.